The topological polar surface area (TPSA) is 62.5 Å². The predicted molar refractivity (Wildman–Crippen MR) is 57.7 cm³/mol. The molecule has 0 aromatic rings. The van der Waals surface area contributed by atoms with Crippen LogP contribution in [-0.4, -0.2) is 36.6 Å². The van der Waals surface area contributed by atoms with E-state index in [-0.39, 0.29) is 6.10 Å². The molecular weight excluding hydrogens is 206 g/mol. The molecule has 1 saturated heterocycles. The van der Waals surface area contributed by atoms with Crippen molar-refractivity contribution in [3.63, 3.8) is 0 Å². The molecule has 0 atom stereocenters. The third kappa shape index (κ3) is 1.73. The van der Waals surface area contributed by atoms with Gasteiger partial charge in [-0.25, -0.2) is 0 Å². The number of ether oxygens (including phenoxy) is 2. The lowest BCUT2D eigenvalue weighted by Crippen LogP contribution is -2.60. The van der Waals surface area contributed by atoms with Crippen LogP contribution in [0.1, 0.15) is 32.6 Å². The monoisotopic (exact) mass is 225 g/mol. The van der Waals surface area contributed by atoms with E-state index < -0.39 is 11.0 Å². The molecule has 1 saturated carbocycles. The van der Waals surface area contributed by atoms with Gasteiger partial charge >= 0.3 is 0 Å². The van der Waals surface area contributed by atoms with Crippen molar-refractivity contribution in [3.8, 4) is 6.07 Å². The van der Waals surface area contributed by atoms with Gasteiger partial charge in [0.15, 0.2) is 0 Å². The summed E-state index contributed by atoms with van der Waals surface area (Å²) in [4.78, 5) is 0. The summed E-state index contributed by atoms with van der Waals surface area (Å²) in [6.07, 6.45) is 2.59. The summed E-state index contributed by atoms with van der Waals surface area (Å²) in [5.41, 5.74) is -1.47. The Kier molecular flexibility index (Phi) is 3.20. The van der Waals surface area contributed by atoms with Gasteiger partial charge in [0.1, 0.15) is 0 Å². The van der Waals surface area contributed by atoms with Crippen LogP contribution in [0.2, 0.25) is 0 Å². The minimum atomic E-state index is -0.856. The van der Waals surface area contributed by atoms with Crippen LogP contribution in [0.15, 0.2) is 0 Å². The second kappa shape index (κ2) is 4.33. The van der Waals surface area contributed by atoms with Crippen molar-refractivity contribution < 1.29 is 14.6 Å². The summed E-state index contributed by atoms with van der Waals surface area (Å²) >= 11 is 0. The van der Waals surface area contributed by atoms with Crippen molar-refractivity contribution in [2.45, 2.75) is 44.3 Å². The lowest BCUT2D eigenvalue weighted by Gasteiger charge is -2.53. The zero-order chi connectivity index (χ0) is 11.6. The van der Waals surface area contributed by atoms with Gasteiger partial charge in [0, 0.05) is 32.7 Å². The van der Waals surface area contributed by atoms with Gasteiger partial charge in [-0.2, -0.15) is 5.26 Å². The summed E-state index contributed by atoms with van der Waals surface area (Å²) in [6.45, 7) is 3.78. The molecule has 0 bridgehead atoms. The van der Waals surface area contributed by atoms with Gasteiger partial charge in [0.25, 0.3) is 0 Å². The number of nitriles is 1. The Morgan fingerprint density at radius 2 is 2.06 bits per heavy atom. The normalized spacial score (nSPS) is 37.4. The highest BCUT2D eigenvalue weighted by molar-refractivity contribution is 5.17. The number of hydrogen-bond donors (Lipinski definition) is 1. The summed E-state index contributed by atoms with van der Waals surface area (Å²) in [7, 11) is 0. The van der Waals surface area contributed by atoms with Crippen LogP contribution in [0.4, 0.5) is 0 Å². The average Bonchev–Trinajstić information content (AvgIpc) is 2.28. The number of aliphatic hydroxyl groups is 1. The molecule has 1 N–H and O–H groups in total. The smallest absolute Gasteiger partial charge is 0.0905 e. The number of hydrogen-bond acceptors (Lipinski definition) is 4. The maximum absolute atomic E-state index is 10.5. The van der Waals surface area contributed by atoms with Gasteiger partial charge in [-0.1, -0.05) is 0 Å². The molecule has 16 heavy (non-hydrogen) atoms. The molecule has 4 heteroatoms. The lowest BCUT2D eigenvalue weighted by atomic mass is 9.57. The minimum absolute atomic E-state index is 0.128. The number of nitrogens with zero attached hydrogens (tertiary/aromatic N) is 1. The summed E-state index contributed by atoms with van der Waals surface area (Å²) in [6, 6.07) is 2.34. The van der Waals surface area contributed by atoms with Gasteiger partial charge in [-0.15, -0.1) is 0 Å². The molecule has 0 unspecified atom stereocenters. The first-order valence-electron chi connectivity index (χ1n) is 5.99. The standard InChI is InChI=1S/C12H19NO3/c1-2-16-10-7-12(14,8-10)11(9-13)3-5-15-6-4-11/h10,14H,2-8H2,1H3. The highest BCUT2D eigenvalue weighted by Crippen LogP contribution is 2.52. The predicted octanol–water partition coefficient (Wildman–Crippen LogP) is 1.24. The summed E-state index contributed by atoms with van der Waals surface area (Å²) in [5.74, 6) is 0. The maximum Gasteiger partial charge on any atom is 0.0905 e. The molecule has 1 aliphatic carbocycles. The largest absolute Gasteiger partial charge is 0.388 e. The minimum Gasteiger partial charge on any atom is -0.388 e. The van der Waals surface area contributed by atoms with E-state index in [1.807, 2.05) is 6.92 Å². The van der Waals surface area contributed by atoms with Crippen molar-refractivity contribution >= 4 is 0 Å². The molecule has 2 rings (SSSR count). The molecule has 1 aliphatic heterocycles. The molecule has 0 radical (unpaired) electrons. The molecular formula is C12H19NO3. The molecule has 0 amide bonds. The fraction of sp³-hybridized carbons (Fsp3) is 0.917. The van der Waals surface area contributed by atoms with Gasteiger partial charge in [0.2, 0.25) is 0 Å². The first kappa shape index (κ1) is 11.8. The molecule has 0 aromatic carbocycles. The van der Waals surface area contributed by atoms with E-state index in [1.54, 1.807) is 0 Å². The van der Waals surface area contributed by atoms with Gasteiger partial charge in [-0.3, -0.25) is 0 Å². The zero-order valence-corrected chi connectivity index (χ0v) is 9.74. The Labute approximate surface area is 96.2 Å². The summed E-state index contributed by atoms with van der Waals surface area (Å²) in [5, 5.41) is 19.9. The fourth-order valence-corrected chi connectivity index (χ4v) is 2.84. The second-order valence-corrected chi connectivity index (χ2v) is 4.82. The highest BCUT2D eigenvalue weighted by Gasteiger charge is 2.58. The van der Waals surface area contributed by atoms with Crippen LogP contribution in [-0.2, 0) is 9.47 Å². The van der Waals surface area contributed by atoms with E-state index in [4.69, 9.17) is 9.47 Å². The quantitative estimate of drug-likeness (QED) is 0.785. The van der Waals surface area contributed by atoms with Crippen LogP contribution >= 0.6 is 0 Å². The Balaban J connectivity index is 2.03. The van der Waals surface area contributed by atoms with E-state index in [9.17, 15) is 10.4 Å². The average molecular weight is 225 g/mol. The Morgan fingerprint density at radius 1 is 1.44 bits per heavy atom. The fourth-order valence-electron chi connectivity index (χ4n) is 2.84. The molecule has 0 spiro atoms. The van der Waals surface area contributed by atoms with Gasteiger partial charge in [-0.05, 0) is 19.8 Å². The van der Waals surface area contributed by atoms with Crippen molar-refractivity contribution in [1.82, 2.24) is 0 Å². The van der Waals surface area contributed by atoms with Crippen LogP contribution < -0.4 is 0 Å². The zero-order valence-electron chi connectivity index (χ0n) is 9.74. The van der Waals surface area contributed by atoms with Crippen LogP contribution in [0.5, 0.6) is 0 Å². The Hall–Kier alpha value is -0.630. The summed E-state index contributed by atoms with van der Waals surface area (Å²) < 4.78 is 10.7. The van der Waals surface area contributed by atoms with Crippen molar-refractivity contribution in [2.24, 2.45) is 5.41 Å². The van der Waals surface area contributed by atoms with E-state index in [0.29, 0.717) is 45.5 Å². The lowest BCUT2D eigenvalue weighted by molar-refractivity contribution is -0.203. The number of rotatable bonds is 3. The van der Waals surface area contributed by atoms with E-state index in [0.717, 1.165) is 0 Å². The Bertz CT molecular complexity index is 285. The van der Waals surface area contributed by atoms with Crippen LogP contribution in [0.3, 0.4) is 0 Å². The van der Waals surface area contributed by atoms with E-state index in [1.165, 1.54) is 0 Å². The highest BCUT2D eigenvalue weighted by atomic mass is 16.5. The van der Waals surface area contributed by atoms with Crippen molar-refractivity contribution in [3.05, 3.63) is 0 Å². The van der Waals surface area contributed by atoms with Crippen LogP contribution in [0.25, 0.3) is 0 Å². The van der Waals surface area contributed by atoms with Gasteiger partial charge < -0.3 is 14.6 Å². The second-order valence-electron chi connectivity index (χ2n) is 4.82. The van der Waals surface area contributed by atoms with Crippen molar-refractivity contribution in [1.29, 1.82) is 5.26 Å². The van der Waals surface area contributed by atoms with Crippen molar-refractivity contribution in [2.75, 3.05) is 19.8 Å². The molecule has 0 aromatic heterocycles. The van der Waals surface area contributed by atoms with Gasteiger partial charge in [0.05, 0.1) is 23.2 Å². The molecule has 4 nitrogen and oxygen atoms in total. The SMILES string of the molecule is CCOC1CC(O)(C2(C#N)CCOCC2)C1. The third-order valence-corrected chi connectivity index (χ3v) is 3.98. The molecule has 2 fully saturated rings. The molecule has 90 valence electrons. The first-order valence-corrected chi connectivity index (χ1v) is 5.99. The molecule has 1 heterocycles. The maximum atomic E-state index is 10.5. The third-order valence-electron chi connectivity index (χ3n) is 3.98. The van der Waals surface area contributed by atoms with E-state index >= 15 is 0 Å². The Morgan fingerprint density at radius 3 is 2.56 bits per heavy atom. The van der Waals surface area contributed by atoms with Crippen LogP contribution in [0, 0.1) is 16.7 Å². The first-order chi connectivity index (χ1) is 7.66. The molecule has 2 aliphatic rings. The van der Waals surface area contributed by atoms with E-state index in [2.05, 4.69) is 6.07 Å².